The van der Waals surface area contributed by atoms with Crippen molar-refractivity contribution in [2.45, 2.75) is 11.8 Å². The number of para-hydroxylation sites is 2. The fourth-order valence-corrected chi connectivity index (χ4v) is 7.44. The van der Waals surface area contributed by atoms with E-state index >= 15 is 0 Å². The summed E-state index contributed by atoms with van der Waals surface area (Å²) in [4.78, 5) is 30.2. The predicted octanol–water partition coefficient (Wildman–Crippen LogP) is 3.16. The SMILES string of the molecule is CC(=O)Oc1ccccc1-c1nc2s/c(=C\c3cn(-c4ccccc4)nc3-c3ccc(S(=O)(=O)N4CCOCC4)cc3)c(=O)n2n1. The zero-order valence-electron chi connectivity index (χ0n) is 24.4. The van der Waals surface area contributed by atoms with Crippen molar-refractivity contribution in [2.75, 3.05) is 26.3 Å². The highest BCUT2D eigenvalue weighted by Gasteiger charge is 2.26. The smallest absolute Gasteiger partial charge is 0.308 e. The second kappa shape index (κ2) is 12.1. The lowest BCUT2D eigenvalue weighted by Crippen LogP contribution is -2.40. The number of hydrogen-bond donors (Lipinski definition) is 0. The van der Waals surface area contributed by atoms with Crippen LogP contribution in [0, 0.1) is 0 Å². The van der Waals surface area contributed by atoms with Crippen LogP contribution in [0.15, 0.2) is 94.7 Å². The number of rotatable bonds is 7. The highest BCUT2D eigenvalue weighted by Crippen LogP contribution is 2.29. The Labute approximate surface area is 266 Å². The van der Waals surface area contributed by atoms with Crippen molar-refractivity contribution >= 4 is 38.4 Å². The van der Waals surface area contributed by atoms with Gasteiger partial charge in [0.2, 0.25) is 15.0 Å². The van der Waals surface area contributed by atoms with Gasteiger partial charge in [0.15, 0.2) is 5.82 Å². The minimum Gasteiger partial charge on any atom is -0.426 e. The van der Waals surface area contributed by atoms with E-state index in [1.807, 2.05) is 36.5 Å². The number of fused-ring (bicyclic) bond motifs is 1. The fraction of sp³-hybridized carbons (Fsp3) is 0.156. The molecule has 46 heavy (non-hydrogen) atoms. The van der Waals surface area contributed by atoms with Crippen molar-refractivity contribution in [3.63, 3.8) is 0 Å². The van der Waals surface area contributed by atoms with Crippen molar-refractivity contribution in [1.29, 1.82) is 0 Å². The molecule has 14 heteroatoms. The number of morpholine rings is 1. The van der Waals surface area contributed by atoms with Gasteiger partial charge in [-0.2, -0.15) is 18.9 Å². The van der Waals surface area contributed by atoms with Gasteiger partial charge in [-0.1, -0.05) is 53.8 Å². The summed E-state index contributed by atoms with van der Waals surface area (Å²) < 4.78 is 41.7. The lowest BCUT2D eigenvalue weighted by Gasteiger charge is -2.26. The van der Waals surface area contributed by atoms with E-state index in [0.29, 0.717) is 63.9 Å². The topological polar surface area (TPSA) is 138 Å². The molecular formula is C32H26N6O6S2. The normalized spacial score (nSPS) is 14.6. The third-order valence-electron chi connectivity index (χ3n) is 7.35. The maximum atomic E-state index is 13.5. The molecule has 1 aliphatic rings. The Balaban J connectivity index is 1.29. The zero-order chi connectivity index (χ0) is 31.8. The molecule has 12 nitrogen and oxygen atoms in total. The van der Waals surface area contributed by atoms with Gasteiger partial charge in [0, 0.05) is 37.3 Å². The third-order valence-corrected chi connectivity index (χ3v) is 10.2. The number of hydrogen-bond acceptors (Lipinski definition) is 10. The van der Waals surface area contributed by atoms with E-state index in [1.165, 1.54) is 27.1 Å². The second-order valence-electron chi connectivity index (χ2n) is 10.4. The molecule has 0 N–H and O–H groups in total. The van der Waals surface area contributed by atoms with Crippen LogP contribution in [0.3, 0.4) is 0 Å². The molecule has 4 heterocycles. The van der Waals surface area contributed by atoms with Crippen LogP contribution in [-0.4, -0.2) is 69.4 Å². The largest absolute Gasteiger partial charge is 0.426 e. The first kappa shape index (κ1) is 29.7. The molecule has 0 spiro atoms. The van der Waals surface area contributed by atoms with E-state index in [2.05, 4.69) is 10.1 Å². The Morgan fingerprint density at radius 3 is 2.39 bits per heavy atom. The van der Waals surface area contributed by atoms with Gasteiger partial charge in [-0.15, -0.1) is 5.10 Å². The second-order valence-corrected chi connectivity index (χ2v) is 13.3. The predicted molar refractivity (Wildman–Crippen MR) is 171 cm³/mol. The minimum atomic E-state index is -3.66. The number of aromatic nitrogens is 5. The highest BCUT2D eigenvalue weighted by molar-refractivity contribution is 7.89. The summed E-state index contributed by atoms with van der Waals surface area (Å²) in [6, 6.07) is 23.0. The minimum absolute atomic E-state index is 0.185. The molecule has 7 rings (SSSR count). The zero-order valence-corrected chi connectivity index (χ0v) is 26.1. The average molecular weight is 655 g/mol. The van der Waals surface area contributed by atoms with Crippen LogP contribution in [0.1, 0.15) is 12.5 Å². The molecule has 0 atom stereocenters. The van der Waals surface area contributed by atoms with Gasteiger partial charge in [-0.05, 0) is 42.5 Å². The van der Waals surface area contributed by atoms with Crippen molar-refractivity contribution in [3.05, 3.63) is 106 Å². The first-order chi connectivity index (χ1) is 22.3. The van der Waals surface area contributed by atoms with Crippen LogP contribution in [0.25, 0.3) is 39.4 Å². The van der Waals surface area contributed by atoms with Gasteiger partial charge < -0.3 is 9.47 Å². The Hall–Kier alpha value is -5.02. The number of carbonyl (C=O) groups is 1. The molecule has 3 aromatic carbocycles. The van der Waals surface area contributed by atoms with E-state index in [4.69, 9.17) is 14.6 Å². The molecule has 1 saturated heterocycles. The maximum Gasteiger partial charge on any atom is 0.308 e. The lowest BCUT2D eigenvalue weighted by atomic mass is 10.1. The summed E-state index contributed by atoms with van der Waals surface area (Å²) in [5.74, 6) is 0.0840. The lowest BCUT2D eigenvalue weighted by molar-refractivity contribution is -0.131. The van der Waals surface area contributed by atoms with Gasteiger partial charge in [0.25, 0.3) is 5.56 Å². The molecule has 0 saturated carbocycles. The van der Waals surface area contributed by atoms with E-state index in [9.17, 15) is 18.0 Å². The van der Waals surface area contributed by atoms with Crippen LogP contribution in [-0.2, 0) is 19.6 Å². The molecule has 3 aromatic heterocycles. The molecule has 6 aromatic rings. The number of benzene rings is 3. The summed E-state index contributed by atoms with van der Waals surface area (Å²) in [5, 5.41) is 9.24. The number of nitrogens with zero attached hydrogens (tertiary/aromatic N) is 6. The monoisotopic (exact) mass is 654 g/mol. The molecule has 1 fully saturated rings. The van der Waals surface area contributed by atoms with Crippen molar-refractivity contribution in [3.8, 4) is 34.1 Å². The summed E-state index contributed by atoms with van der Waals surface area (Å²) in [6.07, 6.45) is 3.55. The quantitative estimate of drug-likeness (QED) is 0.188. The Bertz CT molecular complexity index is 2290. The Morgan fingerprint density at radius 1 is 0.957 bits per heavy atom. The number of carbonyl (C=O) groups excluding carboxylic acids is 1. The Morgan fingerprint density at radius 2 is 1.67 bits per heavy atom. The van der Waals surface area contributed by atoms with Gasteiger partial charge in [0.05, 0.1) is 39.6 Å². The van der Waals surface area contributed by atoms with Gasteiger partial charge in [-0.3, -0.25) is 9.59 Å². The average Bonchev–Trinajstić information content (AvgIpc) is 3.77. The Kier molecular flexibility index (Phi) is 7.78. The first-order valence-electron chi connectivity index (χ1n) is 14.3. The van der Waals surface area contributed by atoms with Crippen LogP contribution >= 0.6 is 11.3 Å². The van der Waals surface area contributed by atoms with Crippen LogP contribution in [0.4, 0.5) is 0 Å². The molecule has 0 bridgehead atoms. The van der Waals surface area contributed by atoms with Crippen LogP contribution in [0.5, 0.6) is 5.75 Å². The number of sulfonamides is 1. The van der Waals surface area contributed by atoms with Crippen LogP contribution < -0.4 is 14.8 Å². The van der Waals surface area contributed by atoms with Gasteiger partial charge >= 0.3 is 5.97 Å². The summed E-state index contributed by atoms with van der Waals surface area (Å²) >= 11 is 1.17. The van der Waals surface area contributed by atoms with Crippen molar-refractivity contribution in [2.24, 2.45) is 0 Å². The van der Waals surface area contributed by atoms with Crippen molar-refractivity contribution in [1.82, 2.24) is 28.7 Å². The van der Waals surface area contributed by atoms with E-state index < -0.39 is 16.0 Å². The first-order valence-corrected chi connectivity index (χ1v) is 16.6. The summed E-state index contributed by atoms with van der Waals surface area (Å²) in [7, 11) is -3.66. The maximum absolute atomic E-state index is 13.5. The number of ether oxygens (including phenoxy) is 2. The molecule has 0 unspecified atom stereocenters. The standard InChI is InChI=1S/C32H26N6O6S2/c1-21(39)44-27-10-6-5-9-26(27)30-33-32-38(35-30)31(40)28(45-32)19-23-20-37(24-7-3-2-4-8-24)34-29(23)22-11-13-25(14-12-22)46(41,42)36-15-17-43-18-16-36/h2-14,19-20H,15-18H2,1H3/b28-19-. The molecule has 0 amide bonds. The molecule has 232 valence electrons. The molecule has 0 aliphatic carbocycles. The molecule has 1 aliphatic heterocycles. The van der Waals surface area contributed by atoms with E-state index in [0.717, 1.165) is 5.69 Å². The molecular weight excluding hydrogens is 629 g/mol. The molecule has 0 radical (unpaired) electrons. The number of thiazole rings is 1. The van der Waals surface area contributed by atoms with E-state index in [1.54, 1.807) is 59.3 Å². The van der Waals surface area contributed by atoms with Crippen molar-refractivity contribution < 1.29 is 22.7 Å². The third kappa shape index (κ3) is 5.63. The number of esters is 1. The van der Waals surface area contributed by atoms with E-state index in [-0.39, 0.29) is 16.3 Å². The van der Waals surface area contributed by atoms with Crippen LogP contribution in [0.2, 0.25) is 0 Å². The summed E-state index contributed by atoms with van der Waals surface area (Å²) in [6.45, 7) is 2.65. The van der Waals surface area contributed by atoms with Gasteiger partial charge in [0.1, 0.15) is 5.75 Å². The summed E-state index contributed by atoms with van der Waals surface area (Å²) in [5.41, 5.74) is 2.83. The highest BCUT2D eigenvalue weighted by atomic mass is 32.2. The van der Waals surface area contributed by atoms with Gasteiger partial charge in [-0.25, -0.2) is 13.1 Å². The fourth-order valence-electron chi connectivity index (χ4n) is 5.14.